The predicted octanol–water partition coefficient (Wildman–Crippen LogP) is 1.99. The Morgan fingerprint density at radius 1 is 1.07 bits per heavy atom. The van der Waals surface area contributed by atoms with Crippen LogP contribution in [0.15, 0.2) is 54.6 Å². The van der Waals surface area contributed by atoms with Crippen molar-refractivity contribution in [1.29, 1.82) is 0 Å². The minimum absolute atomic E-state index is 0.0216. The molecule has 0 atom stereocenters. The lowest BCUT2D eigenvalue weighted by atomic mass is 9.96. The van der Waals surface area contributed by atoms with Crippen molar-refractivity contribution in [2.24, 2.45) is 0 Å². The number of para-hydroxylation sites is 2. The smallest absolute Gasteiger partial charge is 0.255 e. The Kier molecular flexibility index (Phi) is 6.21. The number of amides is 1. The van der Waals surface area contributed by atoms with Gasteiger partial charge in [0.2, 0.25) is 10.0 Å². The molecule has 0 spiro atoms. The van der Waals surface area contributed by atoms with E-state index in [1.165, 1.54) is 7.11 Å². The molecule has 0 unspecified atom stereocenters. The first-order valence-electron chi connectivity index (χ1n) is 9.17. The average molecular weight is 404 g/mol. The van der Waals surface area contributed by atoms with Gasteiger partial charge in [0.05, 0.1) is 12.7 Å². The molecule has 0 saturated carbocycles. The first kappa shape index (κ1) is 20.2. The van der Waals surface area contributed by atoms with Gasteiger partial charge in [-0.1, -0.05) is 30.3 Å². The number of hydrogen-bond donors (Lipinski definition) is 3. The highest BCUT2D eigenvalue weighted by atomic mass is 32.2. The van der Waals surface area contributed by atoms with E-state index in [1.54, 1.807) is 48.5 Å². The molecular formula is C20H25N3O4S. The lowest BCUT2D eigenvalue weighted by Crippen LogP contribution is -2.56. The standard InChI is InChI=1S/C20H25N3O4S/c1-27-18-10-6-5-9-17(18)19(24)22-15-20(11-13-21-14-12-20)28(25,26)23-16-7-3-2-4-8-16/h2-10,21,23H,11-15H2,1H3,(H,22,24). The van der Waals surface area contributed by atoms with Crippen LogP contribution < -0.4 is 20.1 Å². The van der Waals surface area contributed by atoms with E-state index in [1.807, 2.05) is 6.07 Å². The van der Waals surface area contributed by atoms with Crippen LogP contribution >= 0.6 is 0 Å². The van der Waals surface area contributed by atoms with E-state index in [-0.39, 0.29) is 12.5 Å². The maximum atomic E-state index is 13.2. The second-order valence-corrected chi connectivity index (χ2v) is 8.86. The topological polar surface area (TPSA) is 96.5 Å². The van der Waals surface area contributed by atoms with Crippen molar-refractivity contribution in [2.75, 3.05) is 31.5 Å². The zero-order chi connectivity index (χ0) is 20.0. The van der Waals surface area contributed by atoms with E-state index in [9.17, 15) is 13.2 Å². The zero-order valence-corrected chi connectivity index (χ0v) is 16.6. The van der Waals surface area contributed by atoms with E-state index in [0.29, 0.717) is 42.9 Å². The largest absolute Gasteiger partial charge is 0.496 e. The molecule has 1 aliphatic heterocycles. The normalized spacial score (nSPS) is 16.2. The van der Waals surface area contributed by atoms with Crippen LogP contribution in [0, 0.1) is 0 Å². The fourth-order valence-corrected chi connectivity index (χ4v) is 5.03. The molecule has 2 aromatic carbocycles. The minimum Gasteiger partial charge on any atom is -0.496 e. The van der Waals surface area contributed by atoms with Crippen LogP contribution in [0.1, 0.15) is 23.2 Å². The van der Waals surface area contributed by atoms with E-state index in [2.05, 4.69) is 15.4 Å². The number of carbonyl (C=O) groups excluding carboxylic acids is 1. The summed E-state index contributed by atoms with van der Waals surface area (Å²) in [6.45, 7) is 1.16. The molecule has 7 nitrogen and oxygen atoms in total. The Morgan fingerprint density at radius 2 is 1.71 bits per heavy atom. The number of rotatable bonds is 7. The molecule has 0 bridgehead atoms. The second-order valence-electron chi connectivity index (χ2n) is 6.79. The maximum absolute atomic E-state index is 13.2. The van der Waals surface area contributed by atoms with Crippen LogP contribution in [-0.4, -0.2) is 45.8 Å². The molecule has 2 aromatic rings. The number of benzene rings is 2. The molecular weight excluding hydrogens is 378 g/mol. The van der Waals surface area contributed by atoms with Gasteiger partial charge in [0.25, 0.3) is 5.91 Å². The van der Waals surface area contributed by atoms with Crippen molar-refractivity contribution in [3.63, 3.8) is 0 Å². The molecule has 1 saturated heterocycles. The van der Waals surface area contributed by atoms with Crippen LogP contribution in [0.2, 0.25) is 0 Å². The van der Waals surface area contributed by atoms with E-state index in [4.69, 9.17) is 4.74 Å². The number of sulfonamides is 1. The summed E-state index contributed by atoms with van der Waals surface area (Å²) < 4.78 is 33.3. The lowest BCUT2D eigenvalue weighted by molar-refractivity contribution is 0.0944. The predicted molar refractivity (Wildman–Crippen MR) is 109 cm³/mol. The highest BCUT2D eigenvalue weighted by Crippen LogP contribution is 2.30. The van der Waals surface area contributed by atoms with Gasteiger partial charge in [-0.2, -0.15) is 0 Å². The van der Waals surface area contributed by atoms with Crippen LogP contribution in [0.5, 0.6) is 5.75 Å². The molecule has 8 heteroatoms. The third kappa shape index (κ3) is 4.28. The fourth-order valence-electron chi connectivity index (χ4n) is 3.36. The summed E-state index contributed by atoms with van der Waals surface area (Å²) in [5, 5.41) is 6.00. The van der Waals surface area contributed by atoms with Gasteiger partial charge in [-0.3, -0.25) is 9.52 Å². The summed E-state index contributed by atoms with van der Waals surface area (Å²) in [4.78, 5) is 12.7. The van der Waals surface area contributed by atoms with Crippen molar-refractivity contribution in [3.05, 3.63) is 60.2 Å². The van der Waals surface area contributed by atoms with Crippen molar-refractivity contribution in [3.8, 4) is 5.75 Å². The Balaban J connectivity index is 1.81. The van der Waals surface area contributed by atoms with Gasteiger partial charge < -0.3 is 15.4 Å². The van der Waals surface area contributed by atoms with Gasteiger partial charge in [-0.15, -0.1) is 0 Å². The van der Waals surface area contributed by atoms with Gasteiger partial charge in [-0.05, 0) is 50.2 Å². The highest BCUT2D eigenvalue weighted by Gasteiger charge is 2.45. The van der Waals surface area contributed by atoms with Crippen molar-refractivity contribution in [2.45, 2.75) is 17.6 Å². The summed E-state index contributed by atoms with van der Waals surface area (Å²) in [7, 11) is -2.23. The molecule has 0 aliphatic carbocycles. The quantitative estimate of drug-likeness (QED) is 0.657. The highest BCUT2D eigenvalue weighted by molar-refractivity contribution is 7.94. The van der Waals surface area contributed by atoms with E-state index >= 15 is 0 Å². The number of hydrogen-bond acceptors (Lipinski definition) is 5. The Morgan fingerprint density at radius 3 is 2.39 bits per heavy atom. The Hall–Kier alpha value is -2.58. The third-order valence-electron chi connectivity index (χ3n) is 5.03. The summed E-state index contributed by atoms with van der Waals surface area (Å²) in [5.41, 5.74) is 0.888. The number of methoxy groups -OCH3 is 1. The van der Waals surface area contributed by atoms with Crippen LogP contribution in [0.3, 0.4) is 0 Å². The summed E-state index contributed by atoms with van der Waals surface area (Å²) in [5.74, 6) is 0.0925. The molecule has 1 amide bonds. The number of nitrogens with one attached hydrogen (secondary N) is 3. The van der Waals surface area contributed by atoms with Gasteiger partial charge in [0.1, 0.15) is 10.5 Å². The van der Waals surface area contributed by atoms with Gasteiger partial charge in [-0.25, -0.2) is 8.42 Å². The zero-order valence-electron chi connectivity index (χ0n) is 15.8. The molecule has 3 N–H and O–H groups in total. The molecule has 3 rings (SSSR count). The summed E-state index contributed by atoms with van der Waals surface area (Å²) in [6, 6.07) is 15.7. The van der Waals surface area contributed by atoms with Crippen molar-refractivity contribution in [1.82, 2.24) is 10.6 Å². The minimum atomic E-state index is -3.73. The molecule has 28 heavy (non-hydrogen) atoms. The van der Waals surface area contributed by atoms with E-state index < -0.39 is 14.8 Å². The molecule has 0 aromatic heterocycles. The first-order valence-corrected chi connectivity index (χ1v) is 10.7. The van der Waals surface area contributed by atoms with Gasteiger partial charge in [0.15, 0.2) is 0 Å². The maximum Gasteiger partial charge on any atom is 0.255 e. The van der Waals surface area contributed by atoms with Gasteiger partial charge in [0, 0.05) is 12.2 Å². The Bertz CT molecular complexity index is 910. The van der Waals surface area contributed by atoms with E-state index in [0.717, 1.165) is 0 Å². The average Bonchev–Trinajstić information content (AvgIpc) is 2.73. The number of ether oxygens (including phenoxy) is 1. The fraction of sp³-hybridized carbons (Fsp3) is 0.350. The summed E-state index contributed by atoms with van der Waals surface area (Å²) in [6.07, 6.45) is 0.808. The van der Waals surface area contributed by atoms with Crippen molar-refractivity contribution < 1.29 is 17.9 Å². The number of anilines is 1. The monoisotopic (exact) mass is 403 g/mol. The van der Waals surface area contributed by atoms with Gasteiger partial charge >= 0.3 is 0 Å². The van der Waals surface area contributed by atoms with Crippen molar-refractivity contribution >= 4 is 21.6 Å². The van der Waals surface area contributed by atoms with Crippen LogP contribution in [0.25, 0.3) is 0 Å². The number of piperidine rings is 1. The third-order valence-corrected chi connectivity index (χ3v) is 7.23. The summed E-state index contributed by atoms with van der Waals surface area (Å²) >= 11 is 0. The van der Waals surface area contributed by atoms with Crippen LogP contribution in [0.4, 0.5) is 5.69 Å². The Labute approximate surface area is 165 Å². The lowest BCUT2D eigenvalue weighted by Gasteiger charge is -2.37. The number of carbonyl (C=O) groups is 1. The molecule has 1 fully saturated rings. The second kappa shape index (κ2) is 8.62. The molecule has 1 heterocycles. The molecule has 150 valence electrons. The first-order chi connectivity index (χ1) is 13.5. The molecule has 0 radical (unpaired) electrons. The SMILES string of the molecule is COc1ccccc1C(=O)NCC1(S(=O)(=O)Nc2ccccc2)CCNCC1. The van der Waals surface area contributed by atoms with Crippen LogP contribution in [-0.2, 0) is 10.0 Å². The molecule has 1 aliphatic rings.